The van der Waals surface area contributed by atoms with Crippen LogP contribution in [0, 0.1) is 17.5 Å². The minimum absolute atomic E-state index is 0.0639. The molecule has 110 valence electrons. The molecule has 1 fully saturated rings. The fourth-order valence-electron chi connectivity index (χ4n) is 1.89. The first kappa shape index (κ1) is 13.9. The van der Waals surface area contributed by atoms with Crippen molar-refractivity contribution < 1.29 is 17.9 Å². The van der Waals surface area contributed by atoms with Crippen molar-refractivity contribution in [1.82, 2.24) is 10.3 Å². The lowest BCUT2D eigenvalue weighted by Gasteiger charge is -2.11. The van der Waals surface area contributed by atoms with Gasteiger partial charge >= 0.3 is 0 Å². The van der Waals surface area contributed by atoms with Gasteiger partial charge in [0.1, 0.15) is 11.6 Å². The number of benzene rings is 1. The van der Waals surface area contributed by atoms with Crippen molar-refractivity contribution in [3.05, 3.63) is 53.5 Å². The van der Waals surface area contributed by atoms with E-state index in [2.05, 4.69) is 10.3 Å². The summed E-state index contributed by atoms with van der Waals surface area (Å²) in [6.07, 6.45) is 3.14. The van der Waals surface area contributed by atoms with Crippen LogP contribution in [0.4, 0.5) is 13.2 Å². The van der Waals surface area contributed by atoms with Gasteiger partial charge in [-0.25, -0.2) is 18.2 Å². The second kappa shape index (κ2) is 5.73. The summed E-state index contributed by atoms with van der Waals surface area (Å²) in [5.74, 6) is -2.04. The van der Waals surface area contributed by atoms with E-state index in [4.69, 9.17) is 4.74 Å². The molecule has 3 nitrogen and oxygen atoms in total. The summed E-state index contributed by atoms with van der Waals surface area (Å²) in [6, 6.07) is 4.59. The monoisotopic (exact) mass is 294 g/mol. The molecule has 21 heavy (non-hydrogen) atoms. The third-order valence-electron chi connectivity index (χ3n) is 3.15. The maximum atomic E-state index is 13.6. The lowest BCUT2D eigenvalue weighted by atomic mass is 10.2. The van der Waals surface area contributed by atoms with E-state index in [9.17, 15) is 13.2 Å². The molecule has 1 aliphatic carbocycles. The number of ether oxygens (including phenoxy) is 1. The van der Waals surface area contributed by atoms with Gasteiger partial charge in [0.2, 0.25) is 5.88 Å². The van der Waals surface area contributed by atoms with Crippen LogP contribution in [-0.4, -0.2) is 11.0 Å². The summed E-state index contributed by atoms with van der Waals surface area (Å²) >= 11 is 0. The van der Waals surface area contributed by atoms with Gasteiger partial charge in [-0.05, 0) is 31.0 Å². The molecule has 1 N–H and O–H groups in total. The van der Waals surface area contributed by atoms with Gasteiger partial charge in [0.05, 0.1) is 6.20 Å². The van der Waals surface area contributed by atoms with Gasteiger partial charge in [-0.2, -0.15) is 0 Å². The van der Waals surface area contributed by atoms with E-state index in [0.29, 0.717) is 18.2 Å². The van der Waals surface area contributed by atoms with E-state index < -0.39 is 17.5 Å². The maximum Gasteiger partial charge on any atom is 0.224 e. The molecule has 1 aromatic heterocycles. The van der Waals surface area contributed by atoms with Crippen LogP contribution in [0.25, 0.3) is 0 Å². The first-order valence-corrected chi connectivity index (χ1v) is 6.62. The van der Waals surface area contributed by atoms with Crippen LogP contribution < -0.4 is 10.1 Å². The molecule has 0 saturated heterocycles. The van der Waals surface area contributed by atoms with Crippen molar-refractivity contribution in [2.45, 2.75) is 25.4 Å². The third kappa shape index (κ3) is 3.52. The zero-order valence-electron chi connectivity index (χ0n) is 11.1. The minimum Gasteiger partial charge on any atom is -0.435 e. The number of aromatic nitrogens is 1. The predicted octanol–water partition coefficient (Wildman–Crippen LogP) is 3.54. The van der Waals surface area contributed by atoms with Crippen LogP contribution in [0.2, 0.25) is 0 Å². The van der Waals surface area contributed by atoms with E-state index in [1.54, 1.807) is 0 Å². The van der Waals surface area contributed by atoms with Crippen molar-refractivity contribution in [3.8, 4) is 11.6 Å². The summed E-state index contributed by atoms with van der Waals surface area (Å²) in [5.41, 5.74) is 0.463. The summed E-state index contributed by atoms with van der Waals surface area (Å²) < 4.78 is 45.3. The third-order valence-corrected chi connectivity index (χ3v) is 3.15. The molecule has 6 heteroatoms. The first-order valence-electron chi connectivity index (χ1n) is 6.62. The van der Waals surface area contributed by atoms with Crippen molar-refractivity contribution in [3.63, 3.8) is 0 Å². The largest absolute Gasteiger partial charge is 0.435 e. The fraction of sp³-hybridized carbons (Fsp3) is 0.267. The normalized spacial score (nSPS) is 14.2. The van der Waals surface area contributed by atoms with Gasteiger partial charge < -0.3 is 10.1 Å². The Kier molecular flexibility index (Phi) is 3.79. The molecule has 0 bridgehead atoms. The first-order chi connectivity index (χ1) is 10.1. The molecule has 0 amide bonds. The van der Waals surface area contributed by atoms with E-state index in [0.717, 1.165) is 37.2 Å². The van der Waals surface area contributed by atoms with Crippen molar-refractivity contribution >= 4 is 0 Å². The Labute approximate surface area is 119 Å². The number of halogens is 3. The van der Waals surface area contributed by atoms with Crippen molar-refractivity contribution in [2.24, 2.45) is 0 Å². The van der Waals surface area contributed by atoms with Gasteiger partial charge in [-0.1, -0.05) is 0 Å². The summed E-state index contributed by atoms with van der Waals surface area (Å²) in [5, 5.41) is 3.20. The Morgan fingerprint density at radius 1 is 1.14 bits per heavy atom. The quantitative estimate of drug-likeness (QED) is 0.916. The van der Waals surface area contributed by atoms with Gasteiger partial charge in [0, 0.05) is 24.2 Å². The molecule has 1 aromatic carbocycles. The van der Waals surface area contributed by atoms with Gasteiger partial charge in [-0.3, -0.25) is 0 Å². The van der Waals surface area contributed by atoms with Crippen LogP contribution in [-0.2, 0) is 6.54 Å². The Morgan fingerprint density at radius 3 is 2.71 bits per heavy atom. The van der Waals surface area contributed by atoms with Crippen LogP contribution in [0.3, 0.4) is 0 Å². The fourth-order valence-corrected chi connectivity index (χ4v) is 1.89. The summed E-state index contributed by atoms with van der Waals surface area (Å²) in [4.78, 5) is 3.82. The highest BCUT2D eigenvalue weighted by Gasteiger charge is 2.21. The molecule has 0 aliphatic heterocycles. The average molecular weight is 294 g/mol. The average Bonchev–Trinajstić information content (AvgIpc) is 3.27. The molecule has 1 heterocycles. The molecule has 3 rings (SSSR count). The molecule has 0 atom stereocenters. The molecule has 0 radical (unpaired) electrons. The van der Waals surface area contributed by atoms with E-state index in [1.165, 1.54) is 6.07 Å². The van der Waals surface area contributed by atoms with Gasteiger partial charge in [0.25, 0.3) is 0 Å². The topological polar surface area (TPSA) is 34.1 Å². The van der Waals surface area contributed by atoms with Crippen molar-refractivity contribution in [2.75, 3.05) is 0 Å². The van der Waals surface area contributed by atoms with Gasteiger partial charge in [0.15, 0.2) is 11.6 Å². The van der Waals surface area contributed by atoms with Crippen LogP contribution in [0.1, 0.15) is 18.4 Å². The van der Waals surface area contributed by atoms with Crippen molar-refractivity contribution in [1.29, 1.82) is 0 Å². The second-order valence-corrected chi connectivity index (χ2v) is 4.95. The zero-order valence-corrected chi connectivity index (χ0v) is 11.1. The SMILES string of the molecule is Fc1cnc(Oc2cc(F)ccc2F)c(CNC2CC2)c1. The van der Waals surface area contributed by atoms with E-state index in [1.807, 2.05) is 0 Å². The number of hydrogen-bond donors (Lipinski definition) is 1. The minimum atomic E-state index is -0.705. The zero-order chi connectivity index (χ0) is 14.8. The molecule has 1 saturated carbocycles. The molecular weight excluding hydrogens is 281 g/mol. The maximum absolute atomic E-state index is 13.6. The Bertz CT molecular complexity index is 659. The molecular formula is C15H13F3N2O. The number of nitrogens with one attached hydrogen (secondary N) is 1. The van der Waals surface area contributed by atoms with Crippen LogP contribution in [0.15, 0.2) is 30.5 Å². The van der Waals surface area contributed by atoms with Crippen LogP contribution >= 0.6 is 0 Å². The number of nitrogens with zero attached hydrogens (tertiary/aromatic N) is 1. The molecule has 0 spiro atoms. The van der Waals surface area contributed by atoms with Crippen LogP contribution in [0.5, 0.6) is 11.6 Å². The summed E-state index contributed by atoms with van der Waals surface area (Å²) in [7, 11) is 0. The summed E-state index contributed by atoms with van der Waals surface area (Å²) in [6.45, 7) is 0.363. The molecule has 1 aliphatic rings. The molecule has 0 unspecified atom stereocenters. The number of rotatable bonds is 5. The smallest absolute Gasteiger partial charge is 0.224 e. The molecule has 2 aromatic rings. The van der Waals surface area contributed by atoms with E-state index >= 15 is 0 Å². The highest BCUT2D eigenvalue weighted by molar-refractivity contribution is 5.33. The second-order valence-electron chi connectivity index (χ2n) is 4.95. The number of pyridine rings is 1. The standard InChI is InChI=1S/C15H13F3N2O/c16-10-1-4-13(18)14(6-10)21-15-9(5-11(17)8-20-15)7-19-12-2-3-12/h1,4-6,8,12,19H,2-3,7H2. The Hall–Kier alpha value is -2.08. The van der Waals surface area contributed by atoms with E-state index in [-0.39, 0.29) is 11.6 Å². The highest BCUT2D eigenvalue weighted by atomic mass is 19.1. The lowest BCUT2D eigenvalue weighted by Crippen LogP contribution is -2.16. The Balaban J connectivity index is 1.84. The van der Waals surface area contributed by atoms with Gasteiger partial charge in [-0.15, -0.1) is 0 Å². The predicted molar refractivity (Wildman–Crippen MR) is 70.5 cm³/mol. The Morgan fingerprint density at radius 2 is 1.95 bits per heavy atom. The highest BCUT2D eigenvalue weighted by Crippen LogP contribution is 2.27. The number of hydrogen-bond acceptors (Lipinski definition) is 3. The lowest BCUT2D eigenvalue weighted by molar-refractivity contribution is 0.413.